The SMILES string of the molecule is Cc1ccccc1CN1CCC(CC(=O)COc2ccc(C(C)C)cc2)CC1. The average Bonchev–Trinajstić information content (AvgIpc) is 2.70. The molecule has 150 valence electrons. The van der Waals surface area contributed by atoms with Crippen molar-refractivity contribution < 1.29 is 9.53 Å². The van der Waals surface area contributed by atoms with Crippen molar-refractivity contribution in [3.63, 3.8) is 0 Å². The van der Waals surface area contributed by atoms with Crippen LogP contribution < -0.4 is 4.74 Å². The van der Waals surface area contributed by atoms with Crippen LogP contribution in [0.25, 0.3) is 0 Å². The molecule has 3 nitrogen and oxygen atoms in total. The Labute approximate surface area is 169 Å². The Morgan fingerprint density at radius 3 is 2.39 bits per heavy atom. The first-order chi connectivity index (χ1) is 13.5. The summed E-state index contributed by atoms with van der Waals surface area (Å²) in [6, 6.07) is 16.7. The molecule has 0 unspecified atom stereocenters. The standard InChI is InChI=1S/C25H33NO2/c1-19(2)22-8-10-25(11-9-22)28-18-24(27)16-21-12-14-26(15-13-21)17-23-7-5-4-6-20(23)3/h4-11,19,21H,12-18H2,1-3H3. The maximum Gasteiger partial charge on any atom is 0.170 e. The van der Waals surface area contributed by atoms with Crippen molar-refractivity contribution in [2.24, 2.45) is 5.92 Å². The van der Waals surface area contributed by atoms with E-state index in [0.29, 0.717) is 18.3 Å². The fourth-order valence-electron chi connectivity index (χ4n) is 3.87. The van der Waals surface area contributed by atoms with E-state index in [-0.39, 0.29) is 12.4 Å². The second-order valence-corrected chi connectivity index (χ2v) is 8.40. The van der Waals surface area contributed by atoms with Gasteiger partial charge >= 0.3 is 0 Å². The summed E-state index contributed by atoms with van der Waals surface area (Å²) in [6.45, 7) is 9.87. The van der Waals surface area contributed by atoms with Crippen molar-refractivity contribution in [3.05, 3.63) is 65.2 Å². The summed E-state index contributed by atoms with van der Waals surface area (Å²) >= 11 is 0. The average molecular weight is 380 g/mol. The number of likely N-dealkylation sites (tertiary alicyclic amines) is 1. The maximum atomic E-state index is 12.3. The van der Waals surface area contributed by atoms with E-state index in [0.717, 1.165) is 38.2 Å². The van der Waals surface area contributed by atoms with E-state index < -0.39 is 0 Å². The van der Waals surface area contributed by atoms with Crippen LogP contribution in [0.3, 0.4) is 0 Å². The van der Waals surface area contributed by atoms with Crippen LogP contribution in [-0.2, 0) is 11.3 Å². The third-order valence-corrected chi connectivity index (χ3v) is 5.83. The van der Waals surface area contributed by atoms with Crippen molar-refractivity contribution in [1.29, 1.82) is 0 Å². The van der Waals surface area contributed by atoms with E-state index in [1.54, 1.807) is 0 Å². The number of nitrogens with zero attached hydrogens (tertiary/aromatic N) is 1. The molecule has 0 amide bonds. The number of rotatable bonds is 8. The Bertz CT molecular complexity index is 758. The van der Waals surface area contributed by atoms with Crippen molar-refractivity contribution in [2.45, 2.75) is 52.5 Å². The predicted molar refractivity (Wildman–Crippen MR) is 115 cm³/mol. The molecule has 0 atom stereocenters. The molecule has 0 radical (unpaired) electrons. The quantitative estimate of drug-likeness (QED) is 0.618. The molecule has 0 aliphatic carbocycles. The van der Waals surface area contributed by atoms with Gasteiger partial charge in [-0.1, -0.05) is 50.2 Å². The zero-order valence-corrected chi connectivity index (χ0v) is 17.5. The summed E-state index contributed by atoms with van der Waals surface area (Å²) < 4.78 is 5.70. The van der Waals surface area contributed by atoms with Crippen LogP contribution in [0.5, 0.6) is 5.75 Å². The van der Waals surface area contributed by atoms with E-state index in [4.69, 9.17) is 4.74 Å². The fraction of sp³-hybridized carbons (Fsp3) is 0.480. The van der Waals surface area contributed by atoms with Gasteiger partial charge < -0.3 is 4.74 Å². The second kappa shape index (κ2) is 9.88. The van der Waals surface area contributed by atoms with Gasteiger partial charge in [0, 0.05) is 13.0 Å². The van der Waals surface area contributed by atoms with Crippen LogP contribution in [0.2, 0.25) is 0 Å². The van der Waals surface area contributed by atoms with Crippen LogP contribution >= 0.6 is 0 Å². The largest absolute Gasteiger partial charge is 0.486 e. The molecule has 28 heavy (non-hydrogen) atoms. The first-order valence-corrected chi connectivity index (χ1v) is 10.5. The molecular weight excluding hydrogens is 346 g/mol. The second-order valence-electron chi connectivity index (χ2n) is 8.40. The fourth-order valence-corrected chi connectivity index (χ4v) is 3.87. The Kier molecular flexibility index (Phi) is 7.27. The lowest BCUT2D eigenvalue weighted by Crippen LogP contribution is -2.34. The lowest BCUT2D eigenvalue weighted by atomic mass is 9.91. The number of carbonyl (C=O) groups excluding carboxylic acids is 1. The molecule has 0 aromatic heterocycles. The molecule has 1 aliphatic heterocycles. The summed E-state index contributed by atoms with van der Waals surface area (Å²) in [7, 11) is 0. The number of Topliss-reactive ketones (excluding diaryl/α,β-unsaturated/α-hetero) is 1. The Balaban J connectivity index is 1.38. The molecule has 1 fully saturated rings. The van der Waals surface area contributed by atoms with Gasteiger partial charge in [-0.15, -0.1) is 0 Å². The molecule has 3 heteroatoms. The molecule has 0 N–H and O–H groups in total. The van der Waals surface area contributed by atoms with Gasteiger partial charge in [0.05, 0.1) is 0 Å². The zero-order chi connectivity index (χ0) is 19.9. The van der Waals surface area contributed by atoms with E-state index in [9.17, 15) is 4.79 Å². The first kappa shape index (κ1) is 20.6. The van der Waals surface area contributed by atoms with Gasteiger partial charge in [-0.2, -0.15) is 0 Å². The van der Waals surface area contributed by atoms with Crippen molar-refractivity contribution >= 4 is 5.78 Å². The predicted octanol–water partition coefficient (Wildman–Crippen LogP) is 5.37. The normalized spacial score (nSPS) is 15.7. The molecule has 0 saturated carbocycles. The zero-order valence-electron chi connectivity index (χ0n) is 17.5. The summed E-state index contributed by atoms with van der Waals surface area (Å²) in [5.41, 5.74) is 4.06. The summed E-state index contributed by atoms with van der Waals surface area (Å²) in [6.07, 6.45) is 2.84. The minimum atomic E-state index is 0.185. The molecule has 1 heterocycles. The lowest BCUT2D eigenvalue weighted by Gasteiger charge is -2.32. The lowest BCUT2D eigenvalue weighted by molar-refractivity contribution is -0.122. The van der Waals surface area contributed by atoms with Gasteiger partial charge in [-0.05, 0) is 73.5 Å². The summed E-state index contributed by atoms with van der Waals surface area (Å²) in [5, 5.41) is 0. The van der Waals surface area contributed by atoms with Crippen LogP contribution in [0, 0.1) is 12.8 Å². The number of ether oxygens (including phenoxy) is 1. The van der Waals surface area contributed by atoms with Crippen molar-refractivity contribution in [2.75, 3.05) is 19.7 Å². The maximum absolute atomic E-state index is 12.3. The molecule has 2 aromatic carbocycles. The van der Waals surface area contributed by atoms with Gasteiger partial charge in [-0.25, -0.2) is 0 Å². The number of ketones is 1. The number of piperidine rings is 1. The summed E-state index contributed by atoms with van der Waals surface area (Å²) in [5.74, 6) is 2.00. The highest BCUT2D eigenvalue weighted by atomic mass is 16.5. The van der Waals surface area contributed by atoms with Crippen molar-refractivity contribution in [3.8, 4) is 5.75 Å². The van der Waals surface area contributed by atoms with E-state index >= 15 is 0 Å². The van der Waals surface area contributed by atoms with Gasteiger partial charge in [0.15, 0.2) is 5.78 Å². The van der Waals surface area contributed by atoms with Crippen LogP contribution in [0.4, 0.5) is 0 Å². The smallest absolute Gasteiger partial charge is 0.170 e. The Morgan fingerprint density at radius 1 is 1.07 bits per heavy atom. The number of carbonyl (C=O) groups is 1. The van der Waals surface area contributed by atoms with E-state index in [1.165, 1.54) is 16.7 Å². The molecule has 1 aliphatic rings. The monoisotopic (exact) mass is 379 g/mol. The number of aryl methyl sites for hydroxylation is 1. The van der Waals surface area contributed by atoms with Crippen LogP contribution in [-0.4, -0.2) is 30.4 Å². The third kappa shape index (κ3) is 5.93. The minimum absolute atomic E-state index is 0.185. The van der Waals surface area contributed by atoms with Gasteiger partial charge in [0.25, 0.3) is 0 Å². The number of benzene rings is 2. The third-order valence-electron chi connectivity index (χ3n) is 5.83. The molecule has 1 saturated heterocycles. The van der Waals surface area contributed by atoms with Gasteiger partial charge in [-0.3, -0.25) is 9.69 Å². The van der Waals surface area contributed by atoms with Gasteiger partial charge in [0.2, 0.25) is 0 Å². The first-order valence-electron chi connectivity index (χ1n) is 10.5. The summed E-state index contributed by atoms with van der Waals surface area (Å²) in [4.78, 5) is 14.8. The minimum Gasteiger partial charge on any atom is -0.486 e. The Morgan fingerprint density at radius 2 is 1.75 bits per heavy atom. The highest BCUT2D eigenvalue weighted by Crippen LogP contribution is 2.23. The topological polar surface area (TPSA) is 29.5 Å². The highest BCUT2D eigenvalue weighted by Gasteiger charge is 2.22. The number of hydrogen-bond donors (Lipinski definition) is 0. The Hall–Kier alpha value is -2.13. The molecule has 3 rings (SSSR count). The molecule has 0 bridgehead atoms. The van der Waals surface area contributed by atoms with Gasteiger partial charge in [0.1, 0.15) is 12.4 Å². The highest BCUT2D eigenvalue weighted by molar-refractivity contribution is 5.80. The van der Waals surface area contributed by atoms with Crippen LogP contribution in [0.15, 0.2) is 48.5 Å². The number of hydrogen-bond acceptors (Lipinski definition) is 3. The van der Waals surface area contributed by atoms with E-state index in [1.807, 2.05) is 12.1 Å². The molecular formula is C25H33NO2. The van der Waals surface area contributed by atoms with E-state index in [2.05, 4.69) is 62.1 Å². The van der Waals surface area contributed by atoms with Crippen LogP contribution in [0.1, 0.15) is 55.7 Å². The van der Waals surface area contributed by atoms with Crippen molar-refractivity contribution in [1.82, 2.24) is 4.90 Å². The molecule has 2 aromatic rings. The molecule has 0 spiro atoms.